The third-order valence-electron chi connectivity index (χ3n) is 4.49. The number of benzene rings is 1. The maximum Gasteiger partial charge on any atom is 0.309 e. The molecule has 0 saturated heterocycles. The SMILES string of the molecule is CCc1ccc(CC2(C(=O)O)CCCCCC2)cc1. The van der Waals surface area contributed by atoms with Crippen LogP contribution >= 0.6 is 0 Å². The fourth-order valence-corrected chi connectivity index (χ4v) is 3.16. The van der Waals surface area contributed by atoms with E-state index in [0.29, 0.717) is 6.42 Å². The van der Waals surface area contributed by atoms with Crippen molar-refractivity contribution in [1.82, 2.24) is 0 Å². The number of carboxylic acid groups (broad SMARTS) is 1. The van der Waals surface area contributed by atoms with E-state index in [2.05, 4.69) is 31.2 Å². The van der Waals surface area contributed by atoms with Crippen LogP contribution in [0.1, 0.15) is 56.6 Å². The molecule has 0 aliphatic heterocycles. The summed E-state index contributed by atoms with van der Waals surface area (Å²) in [6.45, 7) is 2.14. The molecule has 0 bridgehead atoms. The van der Waals surface area contributed by atoms with Crippen LogP contribution in [0.3, 0.4) is 0 Å². The Morgan fingerprint density at radius 2 is 1.58 bits per heavy atom. The van der Waals surface area contributed by atoms with E-state index in [1.165, 1.54) is 24.0 Å². The largest absolute Gasteiger partial charge is 0.481 e. The first-order valence-corrected chi connectivity index (χ1v) is 7.47. The Labute approximate surface area is 115 Å². The number of aliphatic carboxylic acids is 1. The first-order chi connectivity index (χ1) is 9.16. The molecule has 1 aliphatic rings. The van der Waals surface area contributed by atoms with Crippen LogP contribution in [0, 0.1) is 5.41 Å². The summed E-state index contributed by atoms with van der Waals surface area (Å²) in [6, 6.07) is 8.46. The van der Waals surface area contributed by atoms with Gasteiger partial charge in [-0.3, -0.25) is 4.79 Å². The van der Waals surface area contributed by atoms with Crippen LogP contribution in [0.2, 0.25) is 0 Å². The van der Waals surface area contributed by atoms with E-state index in [-0.39, 0.29) is 0 Å². The van der Waals surface area contributed by atoms with Crippen molar-refractivity contribution in [2.45, 2.75) is 58.3 Å². The highest BCUT2D eigenvalue weighted by Gasteiger charge is 2.38. The Bertz CT molecular complexity index is 411. The molecule has 1 aromatic rings. The average Bonchev–Trinajstić information content (AvgIpc) is 2.66. The highest BCUT2D eigenvalue weighted by molar-refractivity contribution is 5.75. The maximum atomic E-state index is 11.8. The molecule has 104 valence electrons. The van der Waals surface area contributed by atoms with Gasteiger partial charge in [-0.05, 0) is 36.8 Å². The van der Waals surface area contributed by atoms with E-state index in [4.69, 9.17) is 0 Å². The van der Waals surface area contributed by atoms with Crippen molar-refractivity contribution in [2.75, 3.05) is 0 Å². The number of carbonyl (C=O) groups is 1. The summed E-state index contributed by atoms with van der Waals surface area (Å²) < 4.78 is 0. The number of aryl methyl sites for hydroxylation is 1. The quantitative estimate of drug-likeness (QED) is 0.823. The second-order valence-electron chi connectivity index (χ2n) is 5.85. The molecular formula is C17H24O2. The number of hydrogen-bond acceptors (Lipinski definition) is 1. The summed E-state index contributed by atoms with van der Waals surface area (Å²) >= 11 is 0. The van der Waals surface area contributed by atoms with Crippen molar-refractivity contribution in [3.05, 3.63) is 35.4 Å². The lowest BCUT2D eigenvalue weighted by Crippen LogP contribution is -2.32. The third kappa shape index (κ3) is 3.37. The van der Waals surface area contributed by atoms with Crippen LogP contribution in [-0.2, 0) is 17.6 Å². The van der Waals surface area contributed by atoms with Crippen molar-refractivity contribution < 1.29 is 9.90 Å². The Balaban J connectivity index is 2.17. The molecule has 0 atom stereocenters. The molecule has 1 aromatic carbocycles. The van der Waals surface area contributed by atoms with Crippen molar-refractivity contribution in [3.8, 4) is 0 Å². The number of carboxylic acids is 1. The molecular weight excluding hydrogens is 236 g/mol. The lowest BCUT2D eigenvalue weighted by atomic mass is 9.75. The highest BCUT2D eigenvalue weighted by atomic mass is 16.4. The minimum absolute atomic E-state index is 0.524. The maximum absolute atomic E-state index is 11.8. The normalized spacial score (nSPS) is 18.8. The van der Waals surface area contributed by atoms with Gasteiger partial charge in [0.25, 0.3) is 0 Å². The molecule has 0 radical (unpaired) electrons. The Hall–Kier alpha value is -1.31. The van der Waals surface area contributed by atoms with E-state index < -0.39 is 11.4 Å². The summed E-state index contributed by atoms with van der Waals surface area (Å²) in [4.78, 5) is 11.8. The van der Waals surface area contributed by atoms with Gasteiger partial charge < -0.3 is 5.11 Å². The second-order valence-corrected chi connectivity index (χ2v) is 5.85. The van der Waals surface area contributed by atoms with Crippen molar-refractivity contribution in [3.63, 3.8) is 0 Å². The number of rotatable bonds is 4. The van der Waals surface area contributed by atoms with E-state index in [9.17, 15) is 9.90 Å². The molecule has 1 N–H and O–H groups in total. The summed E-state index contributed by atoms with van der Waals surface area (Å²) in [5, 5.41) is 9.68. The number of hydrogen-bond donors (Lipinski definition) is 1. The molecule has 19 heavy (non-hydrogen) atoms. The minimum atomic E-state index is -0.603. The van der Waals surface area contributed by atoms with Crippen molar-refractivity contribution in [2.24, 2.45) is 5.41 Å². The van der Waals surface area contributed by atoms with Gasteiger partial charge in [0.05, 0.1) is 5.41 Å². The van der Waals surface area contributed by atoms with E-state index in [1.54, 1.807) is 0 Å². The smallest absolute Gasteiger partial charge is 0.309 e. The second kappa shape index (κ2) is 6.23. The van der Waals surface area contributed by atoms with E-state index in [1.807, 2.05) is 0 Å². The summed E-state index contributed by atoms with van der Waals surface area (Å²) in [7, 11) is 0. The minimum Gasteiger partial charge on any atom is -0.481 e. The van der Waals surface area contributed by atoms with Gasteiger partial charge in [0.15, 0.2) is 0 Å². The van der Waals surface area contributed by atoms with Crippen molar-refractivity contribution >= 4 is 5.97 Å². The van der Waals surface area contributed by atoms with Crippen LogP contribution in [0.25, 0.3) is 0 Å². The summed E-state index contributed by atoms with van der Waals surface area (Å²) in [6.07, 6.45) is 7.86. The van der Waals surface area contributed by atoms with Gasteiger partial charge in [0.2, 0.25) is 0 Å². The standard InChI is InChI=1S/C17H24O2/c1-2-14-7-9-15(10-8-14)13-17(16(18)19)11-5-3-4-6-12-17/h7-10H,2-6,11-13H2,1H3,(H,18,19). The molecule has 0 heterocycles. The first-order valence-electron chi connectivity index (χ1n) is 7.47. The van der Waals surface area contributed by atoms with Crippen molar-refractivity contribution in [1.29, 1.82) is 0 Å². The zero-order valence-electron chi connectivity index (χ0n) is 11.8. The molecule has 2 nitrogen and oxygen atoms in total. The van der Waals surface area contributed by atoms with Gasteiger partial charge in [-0.15, -0.1) is 0 Å². The molecule has 0 spiro atoms. The Morgan fingerprint density at radius 3 is 2.05 bits per heavy atom. The van der Waals surface area contributed by atoms with Gasteiger partial charge in [0, 0.05) is 0 Å². The molecule has 1 saturated carbocycles. The third-order valence-corrected chi connectivity index (χ3v) is 4.49. The van der Waals surface area contributed by atoms with Gasteiger partial charge in [-0.2, -0.15) is 0 Å². The lowest BCUT2D eigenvalue weighted by molar-refractivity contribution is -0.149. The highest BCUT2D eigenvalue weighted by Crippen LogP contribution is 2.38. The van der Waals surface area contributed by atoms with Crippen LogP contribution in [-0.4, -0.2) is 11.1 Å². The lowest BCUT2D eigenvalue weighted by Gasteiger charge is -2.28. The summed E-state index contributed by atoms with van der Waals surface area (Å²) in [5.41, 5.74) is 1.96. The van der Waals surface area contributed by atoms with Gasteiger partial charge in [-0.1, -0.05) is 56.9 Å². The fourth-order valence-electron chi connectivity index (χ4n) is 3.16. The first kappa shape index (κ1) is 14.1. The van der Waals surface area contributed by atoms with Gasteiger partial charge in [0.1, 0.15) is 0 Å². The molecule has 2 heteroatoms. The van der Waals surface area contributed by atoms with Gasteiger partial charge >= 0.3 is 5.97 Å². The predicted octanol–water partition coefficient (Wildman–Crippen LogP) is 4.22. The molecule has 0 unspecified atom stereocenters. The molecule has 1 aliphatic carbocycles. The van der Waals surface area contributed by atoms with Crippen LogP contribution in [0.15, 0.2) is 24.3 Å². The van der Waals surface area contributed by atoms with Crippen LogP contribution in [0.4, 0.5) is 0 Å². The molecule has 1 fully saturated rings. The molecule has 2 rings (SSSR count). The average molecular weight is 260 g/mol. The molecule has 0 aromatic heterocycles. The zero-order chi connectivity index (χ0) is 13.7. The Morgan fingerprint density at radius 1 is 1.05 bits per heavy atom. The summed E-state index contributed by atoms with van der Waals surface area (Å²) in [5.74, 6) is -0.603. The fraction of sp³-hybridized carbons (Fsp3) is 0.588. The zero-order valence-corrected chi connectivity index (χ0v) is 11.8. The van der Waals surface area contributed by atoms with Crippen LogP contribution in [0.5, 0.6) is 0 Å². The monoisotopic (exact) mass is 260 g/mol. The topological polar surface area (TPSA) is 37.3 Å². The van der Waals surface area contributed by atoms with E-state index in [0.717, 1.165) is 32.1 Å². The van der Waals surface area contributed by atoms with E-state index >= 15 is 0 Å². The molecule has 0 amide bonds. The van der Waals surface area contributed by atoms with Crippen LogP contribution < -0.4 is 0 Å². The predicted molar refractivity (Wildman–Crippen MR) is 77.3 cm³/mol. The Kier molecular flexibility index (Phi) is 4.62. The van der Waals surface area contributed by atoms with Gasteiger partial charge in [-0.25, -0.2) is 0 Å².